The molecule has 0 saturated heterocycles. The predicted molar refractivity (Wildman–Crippen MR) is 94.4 cm³/mol. The van der Waals surface area contributed by atoms with Crippen molar-refractivity contribution in [3.8, 4) is 11.5 Å². The fourth-order valence-electron chi connectivity index (χ4n) is 2.40. The van der Waals surface area contributed by atoms with Gasteiger partial charge in [-0.15, -0.1) is 0 Å². The lowest BCUT2D eigenvalue weighted by Gasteiger charge is -2.28. The fraction of sp³-hybridized carbons (Fsp3) is 0.500. The van der Waals surface area contributed by atoms with Crippen LogP contribution in [0.1, 0.15) is 13.8 Å². The van der Waals surface area contributed by atoms with E-state index in [0.29, 0.717) is 23.9 Å². The van der Waals surface area contributed by atoms with Crippen LogP contribution in [0.15, 0.2) is 23.2 Å². The average molecular weight is 323 g/mol. The van der Waals surface area contributed by atoms with E-state index in [0.717, 1.165) is 5.69 Å². The van der Waals surface area contributed by atoms with Gasteiger partial charge in [0, 0.05) is 23.9 Å². The highest BCUT2D eigenvalue weighted by Crippen LogP contribution is 2.36. The van der Waals surface area contributed by atoms with Gasteiger partial charge in [0.1, 0.15) is 30.5 Å². The Morgan fingerprint density at radius 3 is 2.23 bits per heavy atom. The lowest BCUT2D eigenvalue weighted by atomic mass is 10.1. The Labute approximate surface area is 133 Å². The summed E-state index contributed by atoms with van der Waals surface area (Å²) >= 11 is 0. The van der Waals surface area contributed by atoms with Gasteiger partial charge in [-0.05, 0) is 13.8 Å². The summed E-state index contributed by atoms with van der Waals surface area (Å²) in [6.07, 6.45) is 4.13. The lowest BCUT2D eigenvalue weighted by molar-refractivity contribution is 0.152. The Hall–Kier alpha value is -1.58. The van der Waals surface area contributed by atoms with E-state index in [1.54, 1.807) is 28.1 Å². The molecule has 0 bridgehead atoms. The standard InChI is InChI=1S/C16H24N2O3P/c1-16(2,19)15-17-14(22(5)6)10-18(15)11-7-12(20-3)9-13(8-11)21-4/h7-9,14,19H,5,10H2,1-4,6H3/q+1. The highest BCUT2D eigenvalue weighted by atomic mass is 31.1. The molecule has 120 valence electrons. The zero-order valence-corrected chi connectivity index (χ0v) is 14.7. The SMILES string of the molecule is C=[P+](C)C1CN(c2cc(OC)cc(OC)c2)C(C(C)(C)O)=N1. The Bertz CT molecular complexity index is 586. The van der Waals surface area contributed by atoms with E-state index in [1.807, 2.05) is 23.1 Å². The topological polar surface area (TPSA) is 54.3 Å². The predicted octanol–water partition coefficient (Wildman–Crippen LogP) is 2.56. The summed E-state index contributed by atoms with van der Waals surface area (Å²) in [5, 5.41) is 10.5. The van der Waals surface area contributed by atoms with E-state index < -0.39 is 13.1 Å². The Morgan fingerprint density at radius 2 is 1.82 bits per heavy atom. The van der Waals surface area contributed by atoms with Crippen molar-refractivity contribution in [3.05, 3.63) is 18.2 Å². The maximum absolute atomic E-state index is 10.5. The first kappa shape index (κ1) is 16.8. The third-order valence-electron chi connectivity index (χ3n) is 3.58. The maximum Gasteiger partial charge on any atom is 0.224 e. The van der Waals surface area contributed by atoms with Gasteiger partial charge in [-0.25, -0.2) is 4.99 Å². The van der Waals surface area contributed by atoms with Gasteiger partial charge in [-0.2, -0.15) is 0 Å². The summed E-state index contributed by atoms with van der Waals surface area (Å²) in [4.78, 5) is 6.73. The van der Waals surface area contributed by atoms with Crippen molar-refractivity contribution in [1.82, 2.24) is 0 Å². The molecule has 0 saturated carbocycles. The van der Waals surface area contributed by atoms with Crippen molar-refractivity contribution in [2.24, 2.45) is 4.99 Å². The summed E-state index contributed by atoms with van der Waals surface area (Å²) in [6, 6.07) is 5.67. The second kappa shape index (κ2) is 6.27. The van der Waals surface area contributed by atoms with Crippen LogP contribution in [0, 0.1) is 0 Å². The van der Waals surface area contributed by atoms with Crippen LogP contribution in [0.4, 0.5) is 5.69 Å². The van der Waals surface area contributed by atoms with Crippen molar-refractivity contribution in [2.75, 3.05) is 32.3 Å². The van der Waals surface area contributed by atoms with E-state index in [2.05, 4.69) is 13.0 Å². The number of amidine groups is 1. The minimum absolute atomic E-state index is 0.119. The highest BCUT2D eigenvalue weighted by molar-refractivity contribution is 7.55. The quantitative estimate of drug-likeness (QED) is 0.846. The molecule has 1 aliphatic heterocycles. The zero-order chi connectivity index (χ0) is 16.5. The smallest absolute Gasteiger partial charge is 0.224 e. The average Bonchev–Trinajstić information content (AvgIpc) is 2.92. The zero-order valence-electron chi connectivity index (χ0n) is 13.8. The lowest BCUT2D eigenvalue weighted by Crippen LogP contribution is -2.43. The number of rotatable bonds is 5. The molecule has 22 heavy (non-hydrogen) atoms. The number of hydrogen-bond acceptors (Lipinski definition) is 5. The number of nitrogens with zero attached hydrogens (tertiary/aromatic N) is 2. The van der Waals surface area contributed by atoms with E-state index in [1.165, 1.54) is 0 Å². The monoisotopic (exact) mass is 323 g/mol. The molecule has 1 aliphatic rings. The molecule has 0 radical (unpaired) electrons. The Balaban J connectivity index is 2.46. The van der Waals surface area contributed by atoms with E-state index in [-0.39, 0.29) is 5.78 Å². The van der Waals surface area contributed by atoms with Gasteiger partial charge in [-0.3, -0.25) is 0 Å². The molecule has 1 N–H and O–H groups in total. The Kier molecular flexibility index (Phi) is 4.78. The molecule has 1 aromatic carbocycles. The number of benzene rings is 1. The first-order chi connectivity index (χ1) is 10.3. The first-order valence-corrected chi connectivity index (χ1v) is 9.15. The van der Waals surface area contributed by atoms with Crippen LogP contribution in [-0.4, -0.2) is 56.1 Å². The fourth-order valence-corrected chi connectivity index (χ4v) is 3.15. The van der Waals surface area contributed by atoms with Crippen molar-refractivity contribution in [3.63, 3.8) is 0 Å². The molecular formula is C16H24N2O3P+. The van der Waals surface area contributed by atoms with Gasteiger partial charge in [0.15, 0.2) is 0 Å². The minimum Gasteiger partial charge on any atom is -0.497 e. The van der Waals surface area contributed by atoms with Crippen LogP contribution >= 0.6 is 7.55 Å². The molecule has 5 nitrogen and oxygen atoms in total. The first-order valence-electron chi connectivity index (χ1n) is 7.11. The van der Waals surface area contributed by atoms with Gasteiger partial charge in [0.2, 0.25) is 5.78 Å². The summed E-state index contributed by atoms with van der Waals surface area (Å²) < 4.78 is 10.7. The molecule has 0 aromatic heterocycles. The molecule has 2 unspecified atom stereocenters. The van der Waals surface area contributed by atoms with Gasteiger partial charge in [0.05, 0.1) is 33.7 Å². The third kappa shape index (κ3) is 3.42. The molecule has 2 rings (SSSR count). The maximum atomic E-state index is 10.5. The second-order valence-electron chi connectivity index (χ2n) is 5.93. The van der Waals surface area contributed by atoms with Crippen molar-refractivity contribution < 1.29 is 14.6 Å². The highest BCUT2D eigenvalue weighted by Gasteiger charge is 2.39. The molecule has 1 heterocycles. The molecule has 2 atom stereocenters. The van der Waals surface area contributed by atoms with E-state index >= 15 is 0 Å². The molecule has 0 amide bonds. The molecule has 0 spiro atoms. The number of hydrogen-bond donors (Lipinski definition) is 1. The van der Waals surface area contributed by atoms with Gasteiger partial charge in [-0.1, -0.05) is 0 Å². The van der Waals surface area contributed by atoms with Crippen molar-refractivity contribution >= 4 is 25.4 Å². The third-order valence-corrected chi connectivity index (χ3v) is 4.87. The number of aliphatic imine (C=N–C) groups is 1. The molecule has 6 heteroatoms. The molecular weight excluding hydrogens is 299 g/mol. The van der Waals surface area contributed by atoms with E-state index in [9.17, 15) is 5.11 Å². The molecule has 0 fully saturated rings. The van der Waals surface area contributed by atoms with Gasteiger partial charge < -0.3 is 19.5 Å². The number of aliphatic hydroxyl groups is 1. The van der Waals surface area contributed by atoms with Crippen molar-refractivity contribution in [2.45, 2.75) is 25.2 Å². The summed E-state index contributed by atoms with van der Waals surface area (Å²) in [6.45, 7) is 6.31. The summed E-state index contributed by atoms with van der Waals surface area (Å²) in [5.41, 5.74) is -0.118. The van der Waals surface area contributed by atoms with Crippen LogP contribution in [0.5, 0.6) is 11.5 Å². The number of methoxy groups -OCH3 is 2. The number of anilines is 1. The summed E-state index contributed by atoms with van der Waals surface area (Å²) in [7, 11) is 2.78. The second-order valence-corrected chi connectivity index (χ2v) is 8.04. The van der Waals surface area contributed by atoms with Crippen LogP contribution in [0.2, 0.25) is 0 Å². The van der Waals surface area contributed by atoms with Crippen LogP contribution in [0.3, 0.4) is 0 Å². The minimum atomic E-state index is -1.02. The molecule has 0 aliphatic carbocycles. The Morgan fingerprint density at radius 1 is 1.27 bits per heavy atom. The normalized spacial score (nSPS) is 19.0. The molecule has 1 aromatic rings. The van der Waals surface area contributed by atoms with Gasteiger partial charge >= 0.3 is 0 Å². The van der Waals surface area contributed by atoms with Crippen LogP contribution < -0.4 is 14.4 Å². The van der Waals surface area contributed by atoms with Crippen LogP contribution in [-0.2, 0) is 0 Å². The van der Waals surface area contributed by atoms with E-state index in [4.69, 9.17) is 14.5 Å². The number of ether oxygens (including phenoxy) is 2. The van der Waals surface area contributed by atoms with Gasteiger partial charge in [0.25, 0.3) is 0 Å². The van der Waals surface area contributed by atoms with Crippen LogP contribution in [0.25, 0.3) is 0 Å². The van der Waals surface area contributed by atoms with Crippen molar-refractivity contribution in [1.29, 1.82) is 0 Å². The largest absolute Gasteiger partial charge is 0.497 e. The summed E-state index contributed by atoms with van der Waals surface area (Å²) in [5.74, 6) is 2.20.